The van der Waals surface area contributed by atoms with Crippen LogP contribution >= 0.6 is 15.9 Å². The summed E-state index contributed by atoms with van der Waals surface area (Å²) >= 11 is 3.28. The lowest BCUT2D eigenvalue weighted by atomic mass is 10.0. The van der Waals surface area contributed by atoms with Gasteiger partial charge in [0.2, 0.25) is 5.43 Å². The number of hydrogen-bond acceptors (Lipinski definition) is 2. The van der Waals surface area contributed by atoms with Crippen molar-refractivity contribution in [1.82, 2.24) is 4.98 Å². The second-order valence-electron chi connectivity index (χ2n) is 4.56. The minimum absolute atomic E-state index is 0.00424. The monoisotopic (exact) mass is 345 g/mol. The molecule has 3 nitrogen and oxygen atoms in total. The topological polar surface area (TPSA) is 49.9 Å². The van der Waals surface area contributed by atoms with Gasteiger partial charge in [-0.3, -0.25) is 9.59 Å². The molecular weight excluding hydrogens is 337 g/mol. The highest BCUT2D eigenvalue weighted by Crippen LogP contribution is 2.15. The van der Waals surface area contributed by atoms with Crippen LogP contribution in [0.5, 0.6) is 0 Å². The number of carbonyl (C=O) groups excluding carboxylic acids is 1. The Morgan fingerprint density at radius 2 is 1.81 bits per heavy atom. The second-order valence-corrected chi connectivity index (χ2v) is 5.47. The van der Waals surface area contributed by atoms with Gasteiger partial charge in [-0.15, -0.1) is 0 Å². The van der Waals surface area contributed by atoms with E-state index in [4.69, 9.17) is 0 Å². The maximum atomic E-state index is 13.3. The summed E-state index contributed by atoms with van der Waals surface area (Å²) in [6.07, 6.45) is 1.37. The molecule has 0 aliphatic heterocycles. The molecule has 0 spiro atoms. The van der Waals surface area contributed by atoms with Gasteiger partial charge in [0.15, 0.2) is 5.78 Å². The van der Waals surface area contributed by atoms with E-state index in [1.807, 2.05) is 0 Å². The Morgan fingerprint density at radius 1 is 1.10 bits per heavy atom. The number of aromatic nitrogens is 1. The fraction of sp³-hybridized carbons (Fsp3) is 0. The van der Waals surface area contributed by atoms with Crippen molar-refractivity contribution in [2.75, 3.05) is 0 Å². The molecule has 104 valence electrons. The zero-order valence-corrected chi connectivity index (χ0v) is 12.3. The molecule has 0 aliphatic rings. The van der Waals surface area contributed by atoms with Crippen molar-refractivity contribution in [3.05, 3.63) is 80.3 Å². The van der Waals surface area contributed by atoms with Gasteiger partial charge in [0.25, 0.3) is 0 Å². The molecule has 1 aromatic heterocycles. The zero-order valence-electron chi connectivity index (χ0n) is 10.7. The van der Waals surface area contributed by atoms with Gasteiger partial charge in [0.05, 0.1) is 5.56 Å². The Bertz CT molecular complexity index is 900. The lowest BCUT2D eigenvalue weighted by Gasteiger charge is -2.03. The number of aromatic amines is 1. The van der Waals surface area contributed by atoms with Crippen LogP contribution in [0.2, 0.25) is 0 Å². The third kappa shape index (κ3) is 2.52. The second kappa shape index (κ2) is 5.26. The molecule has 1 heterocycles. The first-order chi connectivity index (χ1) is 10.1. The van der Waals surface area contributed by atoms with Crippen molar-refractivity contribution in [3.8, 4) is 0 Å². The molecule has 5 heteroatoms. The Kier molecular flexibility index (Phi) is 3.43. The summed E-state index contributed by atoms with van der Waals surface area (Å²) < 4.78 is 14.1. The lowest BCUT2D eigenvalue weighted by molar-refractivity contribution is 0.103. The number of pyridine rings is 1. The molecule has 0 saturated carbocycles. The van der Waals surface area contributed by atoms with E-state index in [2.05, 4.69) is 20.9 Å². The summed E-state index contributed by atoms with van der Waals surface area (Å²) in [6.45, 7) is 0. The number of halogens is 2. The van der Waals surface area contributed by atoms with Crippen LogP contribution in [-0.2, 0) is 0 Å². The molecule has 3 rings (SSSR count). The molecule has 0 aliphatic carbocycles. The van der Waals surface area contributed by atoms with Gasteiger partial charge in [0.1, 0.15) is 5.82 Å². The van der Waals surface area contributed by atoms with Crippen molar-refractivity contribution in [2.24, 2.45) is 0 Å². The van der Waals surface area contributed by atoms with Crippen molar-refractivity contribution >= 4 is 32.6 Å². The molecule has 2 aromatic carbocycles. The first kappa shape index (κ1) is 13.7. The standard InChI is InChI=1S/C16H9BrFNO2/c17-10-3-1-9(2-4-10)15(20)13-8-19-14-6-5-11(18)7-12(14)16(13)21/h1-8H,(H,19,21). The zero-order chi connectivity index (χ0) is 15.0. The van der Waals surface area contributed by atoms with Crippen molar-refractivity contribution in [1.29, 1.82) is 0 Å². The van der Waals surface area contributed by atoms with Gasteiger partial charge in [-0.05, 0) is 42.5 Å². The number of carbonyl (C=O) groups is 1. The van der Waals surface area contributed by atoms with E-state index in [1.165, 1.54) is 18.3 Å². The summed E-state index contributed by atoms with van der Waals surface area (Å²) in [5.41, 5.74) is 0.416. The number of rotatable bonds is 2. The quantitative estimate of drug-likeness (QED) is 0.720. The summed E-state index contributed by atoms with van der Waals surface area (Å²) in [5, 5.41) is 0.165. The average Bonchev–Trinajstić information content (AvgIpc) is 2.48. The van der Waals surface area contributed by atoms with Crippen LogP contribution in [0.15, 0.2) is 57.9 Å². The molecule has 1 N–H and O–H groups in total. The highest BCUT2D eigenvalue weighted by atomic mass is 79.9. The molecule has 0 bridgehead atoms. The van der Waals surface area contributed by atoms with Crippen LogP contribution in [0.1, 0.15) is 15.9 Å². The van der Waals surface area contributed by atoms with Crippen LogP contribution in [-0.4, -0.2) is 10.8 Å². The minimum atomic E-state index is -0.513. The van der Waals surface area contributed by atoms with Crippen LogP contribution in [0, 0.1) is 5.82 Å². The summed E-state index contributed by atoms with van der Waals surface area (Å²) in [4.78, 5) is 27.6. The van der Waals surface area contributed by atoms with E-state index in [9.17, 15) is 14.0 Å². The minimum Gasteiger partial charge on any atom is -0.360 e. The first-order valence-electron chi connectivity index (χ1n) is 6.17. The molecule has 0 unspecified atom stereocenters. The van der Waals surface area contributed by atoms with Crippen LogP contribution in [0.4, 0.5) is 4.39 Å². The number of ketones is 1. The van der Waals surface area contributed by atoms with Crippen molar-refractivity contribution in [2.45, 2.75) is 0 Å². The molecule has 0 atom stereocenters. The fourth-order valence-corrected chi connectivity index (χ4v) is 2.38. The fourth-order valence-electron chi connectivity index (χ4n) is 2.12. The molecule has 0 radical (unpaired) electrons. The molecule has 3 aromatic rings. The molecule has 21 heavy (non-hydrogen) atoms. The number of fused-ring (bicyclic) bond motifs is 1. The third-order valence-corrected chi connectivity index (χ3v) is 3.72. The normalized spacial score (nSPS) is 10.8. The highest BCUT2D eigenvalue weighted by Gasteiger charge is 2.15. The van der Waals surface area contributed by atoms with Crippen LogP contribution in [0.3, 0.4) is 0 Å². The maximum Gasteiger partial charge on any atom is 0.200 e. The number of nitrogens with one attached hydrogen (secondary N) is 1. The van der Waals surface area contributed by atoms with Gasteiger partial charge in [-0.2, -0.15) is 0 Å². The van der Waals surface area contributed by atoms with E-state index in [-0.39, 0.29) is 10.9 Å². The Labute approximate surface area is 127 Å². The summed E-state index contributed by atoms with van der Waals surface area (Å²) in [6, 6.07) is 10.6. The van der Waals surface area contributed by atoms with E-state index in [0.29, 0.717) is 11.1 Å². The molecular formula is C16H9BrFNO2. The molecule has 0 fully saturated rings. The SMILES string of the molecule is O=C(c1ccc(Br)cc1)c1c[nH]c2ccc(F)cc2c1=O. The van der Waals surface area contributed by atoms with Crippen LogP contribution < -0.4 is 5.43 Å². The summed E-state index contributed by atoms with van der Waals surface area (Å²) in [5.74, 6) is -0.906. The smallest absolute Gasteiger partial charge is 0.200 e. The Hall–Kier alpha value is -2.27. The summed E-state index contributed by atoms with van der Waals surface area (Å²) in [7, 11) is 0. The van der Waals surface area contributed by atoms with Gasteiger partial charge < -0.3 is 4.98 Å². The number of H-pyrrole nitrogens is 1. The predicted molar refractivity (Wildman–Crippen MR) is 82.1 cm³/mol. The van der Waals surface area contributed by atoms with Gasteiger partial charge in [0, 0.05) is 27.1 Å². The number of hydrogen-bond donors (Lipinski definition) is 1. The van der Waals surface area contributed by atoms with Gasteiger partial charge >= 0.3 is 0 Å². The average molecular weight is 346 g/mol. The Balaban J connectivity index is 2.16. The Morgan fingerprint density at radius 3 is 2.52 bits per heavy atom. The van der Waals surface area contributed by atoms with Crippen molar-refractivity contribution < 1.29 is 9.18 Å². The number of benzene rings is 2. The van der Waals surface area contributed by atoms with Crippen LogP contribution in [0.25, 0.3) is 10.9 Å². The lowest BCUT2D eigenvalue weighted by Crippen LogP contribution is -2.16. The predicted octanol–water partition coefficient (Wildman–Crippen LogP) is 3.66. The van der Waals surface area contributed by atoms with E-state index in [0.717, 1.165) is 10.5 Å². The molecule has 0 amide bonds. The van der Waals surface area contributed by atoms with Gasteiger partial charge in [-0.1, -0.05) is 15.9 Å². The van der Waals surface area contributed by atoms with Gasteiger partial charge in [-0.25, -0.2) is 4.39 Å². The first-order valence-corrected chi connectivity index (χ1v) is 6.97. The van der Waals surface area contributed by atoms with E-state index in [1.54, 1.807) is 24.3 Å². The molecule has 0 saturated heterocycles. The van der Waals surface area contributed by atoms with Crippen molar-refractivity contribution in [3.63, 3.8) is 0 Å². The van der Waals surface area contributed by atoms with E-state index < -0.39 is 17.0 Å². The maximum absolute atomic E-state index is 13.3. The van der Waals surface area contributed by atoms with E-state index >= 15 is 0 Å². The third-order valence-electron chi connectivity index (χ3n) is 3.19. The highest BCUT2D eigenvalue weighted by molar-refractivity contribution is 9.10. The largest absolute Gasteiger partial charge is 0.360 e.